The van der Waals surface area contributed by atoms with E-state index < -0.39 is 0 Å². The van der Waals surface area contributed by atoms with Gasteiger partial charge in [-0.3, -0.25) is 5.01 Å². The lowest BCUT2D eigenvalue weighted by Crippen LogP contribution is -2.15. The molecule has 1 heterocycles. The number of ether oxygens (including phenoxy) is 1. The lowest BCUT2D eigenvalue weighted by atomic mass is 10.1. The Hall–Kier alpha value is -1.51. The van der Waals surface area contributed by atoms with Gasteiger partial charge in [-0.15, -0.1) is 5.10 Å². The molecule has 0 N–H and O–H groups in total. The van der Waals surface area contributed by atoms with E-state index in [4.69, 9.17) is 4.74 Å². The molecule has 0 radical (unpaired) electrons. The Morgan fingerprint density at radius 1 is 1.33 bits per heavy atom. The zero-order chi connectivity index (χ0) is 10.8. The van der Waals surface area contributed by atoms with Crippen LogP contribution in [0.2, 0.25) is 0 Å². The van der Waals surface area contributed by atoms with Gasteiger partial charge in [0.15, 0.2) is 0 Å². The molecule has 0 aliphatic carbocycles. The van der Waals surface area contributed by atoms with Gasteiger partial charge in [-0.1, -0.05) is 31.2 Å². The molecule has 0 aromatic heterocycles. The van der Waals surface area contributed by atoms with Crippen molar-refractivity contribution in [3.05, 3.63) is 35.4 Å². The maximum atomic E-state index is 5.61. The second-order valence-corrected chi connectivity index (χ2v) is 3.76. The van der Waals surface area contributed by atoms with Crippen molar-refractivity contribution in [1.82, 2.24) is 5.01 Å². The third-order valence-corrected chi connectivity index (χ3v) is 2.59. The second kappa shape index (κ2) is 3.93. The summed E-state index contributed by atoms with van der Waals surface area (Å²) in [6, 6.07) is 8.49. The van der Waals surface area contributed by atoms with Crippen molar-refractivity contribution >= 4 is 5.90 Å². The normalized spacial score (nSPS) is 20.1. The maximum absolute atomic E-state index is 5.61. The molecule has 3 nitrogen and oxygen atoms in total. The van der Waals surface area contributed by atoms with Crippen molar-refractivity contribution in [2.45, 2.75) is 26.5 Å². The lowest BCUT2D eigenvalue weighted by Gasteiger charge is -2.18. The average Bonchev–Trinajstić information content (AvgIpc) is 2.58. The predicted octanol–water partition coefficient (Wildman–Crippen LogP) is 2.54. The van der Waals surface area contributed by atoms with Crippen LogP contribution in [0, 0.1) is 0 Å². The molecule has 3 heteroatoms. The minimum Gasteiger partial charge on any atom is -0.450 e. The van der Waals surface area contributed by atoms with E-state index in [2.05, 4.69) is 36.3 Å². The number of hydrogen-bond donors (Lipinski definition) is 0. The molecule has 80 valence electrons. The topological polar surface area (TPSA) is 24.8 Å². The Morgan fingerprint density at radius 2 is 2.00 bits per heavy atom. The first kappa shape index (κ1) is 10.0. The summed E-state index contributed by atoms with van der Waals surface area (Å²) in [5.41, 5.74) is 2.49. The summed E-state index contributed by atoms with van der Waals surface area (Å²) in [7, 11) is 1.93. The van der Waals surface area contributed by atoms with Crippen LogP contribution < -0.4 is 0 Å². The molecular formula is C12H16N2O. The van der Waals surface area contributed by atoms with Gasteiger partial charge in [0.05, 0.1) is 0 Å². The number of benzene rings is 1. The molecule has 15 heavy (non-hydrogen) atoms. The number of hydrazone groups is 1. The van der Waals surface area contributed by atoms with E-state index >= 15 is 0 Å². The highest BCUT2D eigenvalue weighted by Crippen LogP contribution is 2.26. The lowest BCUT2D eigenvalue weighted by molar-refractivity contribution is 0.0771. The fourth-order valence-corrected chi connectivity index (χ4v) is 1.74. The van der Waals surface area contributed by atoms with E-state index in [9.17, 15) is 0 Å². The molecule has 0 fully saturated rings. The minimum absolute atomic E-state index is 0.0593. The summed E-state index contributed by atoms with van der Waals surface area (Å²) < 4.78 is 5.61. The Morgan fingerprint density at radius 3 is 2.47 bits per heavy atom. The largest absolute Gasteiger partial charge is 0.450 e. The highest BCUT2D eigenvalue weighted by molar-refractivity contribution is 5.74. The Labute approximate surface area is 90.4 Å². The SMILES string of the molecule is CCc1ccc(C2OC(C)=NN2C)cc1. The first-order valence-corrected chi connectivity index (χ1v) is 5.24. The third kappa shape index (κ3) is 1.96. The molecule has 0 spiro atoms. The van der Waals surface area contributed by atoms with Crippen LogP contribution in [0.4, 0.5) is 0 Å². The first-order chi connectivity index (χ1) is 7.20. The van der Waals surface area contributed by atoms with Crippen molar-refractivity contribution in [2.24, 2.45) is 5.10 Å². The Bertz CT molecular complexity index is 370. The monoisotopic (exact) mass is 204 g/mol. The molecule has 1 unspecified atom stereocenters. The number of rotatable bonds is 2. The fourth-order valence-electron chi connectivity index (χ4n) is 1.74. The average molecular weight is 204 g/mol. The van der Waals surface area contributed by atoms with Crippen LogP contribution in [0.25, 0.3) is 0 Å². The van der Waals surface area contributed by atoms with Crippen molar-refractivity contribution in [2.75, 3.05) is 7.05 Å². The smallest absolute Gasteiger partial charge is 0.214 e. The zero-order valence-corrected chi connectivity index (χ0v) is 9.40. The summed E-state index contributed by atoms with van der Waals surface area (Å²) in [6.07, 6.45) is 1.01. The summed E-state index contributed by atoms with van der Waals surface area (Å²) >= 11 is 0. The molecule has 2 rings (SSSR count). The molecule has 0 saturated carbocycles. The van der Waals surface area contributed by atoms with Gasteiger partial charge in [0.25, 0.3) is 0 Å². The summed E-state index contributed by atoms with van der Waals surface area (Å²) in [6.45, 7) is 4.03. The van der Waals surface area contributed by atoms with Gasteiger partial charge in [0.1, 0.15) is 0 Å². The van der Waals surface area contributed by atoms with E-state index in [0.717, 1.165) is 17.9 Å². The third-order valence-electron chi connectivity index (χ3n) is 2.59. The van der Waals surface area contributed by atoms with Crippen LogP contribution >= 0.6 is 0 Å². The van der Waals surface area contributed by atoms with Crippen molar-refractivity contribution in [3.8, 4) is 0 Å². The summed E-state index contributed by atoms with van der Waals surface area (Å²) in [5, 5.41) is 6.06. The number of nitrogens with zero attached hydrogens (tertiary/aromatic N) is 2. The van der Waals surface area contributed by atoms with Gasteiger partial charge in [-0.2, -0.15) is 0 Å². The molecule has 0 saturated heterocycles. The maximum Gasteiger partial charge on any atom is 0.214 e. The highest BCUT2D eigenvalue weighted by Gasteiger charge is 2.23. The van der Waals surface area contributed by atoms with Crippen LogP contribution in [0.1, 0.15) is 31.2 Å². The number of hydrogen-bond acceptors (Lipinski definition) is 3. The highest BCUT2D eigenvalue weighted by atomic mass is 16.5. The van der Waals surface area contributed by atoms with Gasteiger partial charge in [-0.25, -0.2) is 0 Å². The zero-order valence-electron chi connectivity index (χ0n) is 9.40. The molecule has 1 aromatic carbocycles. The molecule has 0 bridgehead atoms. The second-order valence-electron chi connectivity index (χ2n) is 3.76. The van der Waals surface area contributed by atoms with Gasteiger partial charge in [0, 0.05) is 19.5 Å². The van der Waals surface area contributed by atoms with Gasteiger partial charge >= 0.3 is 0 Å². The van der Waals surface area contributed by atoms with Crippen molar-refractivity contribution < 1.29 is 4.74 Å². The van der Waals surface area contributed by atoms with Crippen LogP contribution in [0.15, 0.2) is 29.4 Å². The standard InChI is InChI=1S/C12H16N2O/c1-4-10-5-7-11(8-6-10)12-14(3)13-9(2)15-12/h5-8,12H,4H2,1-3H3. The molecule has 1 aliphatic rings. The van der Waals surface area contributed by atoms with Crippen LogP contribution in [-0.2, 0) is 11.2 Å². The van der Waals surface area contributed by atoms with Gasteiger partial charge < -0.3 is 4.74 Å². The van der Waals surface area contributed by atoms with Crippen molar-refractivity contribution in [3.63, 3.8) is 0 Å². The first-order valence-electron chi connectivity index (χ1n) is 5.24. The van der Waals surface area contributed by atoms with Gasteiger partial charge in [-0.05, 0) is 12.0 Å². The van der Waals surface area contributed by atoms with E-state index in [1.807, 2.05) is 19.0 Å². The molecule has 1 atom stereocenters. The van der Waals surface area contributed by atoms with Gasteiger partial charge in [0.2, 0.25) is 12.1 Å². The molecule has 1 aliphatic heterocycles. The molecule has 0 amide bonds. The van der Waals surface area contributed by atoms with E-state index in [1.54, 1.807) is 0 Å². The minimum atomic E-state index is -0.0593. The fraction of sp³-hybridized carbons (Fsp3) is 0.417. The number of aryl methyl sites for hydroxylation is 1. The van der Waals surface area contributed by atoms with Crippen LogP contribution in [0.3, 0.4) is 0 Å². The molecular weight excluding hydrogens is 188 g/mol. The summed E-state index contributed by atoms with van der Waals surface area (Å²) in [4.78, 5) is 0. The Kier molecular flexibility index (Phi) is 2.62. The van der Waals surface area contributed by atoms with E-state index in [1.165, 1.54) is 5.56 Å². The predicted molar refractivity (Wildman–Crippen MR) is 60.5 cm³/mol. The molecule has 1 aromatic rings. The van der Waals surface area contributed by atoms with Crippen LogP contribution in [0.5, 0.6) is 0 Å². The van der Waals surface area contributed by atoms with Crippen LogP contribution in [-0.4, -0.2) is 18.0 Å². The quantitative estimate of drug-likeness (QED) is 0.739. The Balaban J connectivity index is 2.17. The van der Waals surface area contributed by atoms with Crippen molar-refractivity contribution in [1.29, 1.82) is 0 Å². The van der Waals surface area contributed by atoms with E-state index in [-0.39, 0.29) is 6.23 Å². The van der Waals surface area contributed by atoms with E-state index in [0.29, 0.717) is 0 Å². The summed E-state index contributed by atoms with van der Waals surface area (Å²) in [5.74, 6) is 0.724.